The molecule has 148 valence electrons. The number of aryl methyl sites for hydroxylation is 3. The van der Waals surface area contributed by atoms with Crippen molar-refractivity contribution in [3.05, 3.63) is 28.4 Å². The fraction of sp³-hybridized carbons (Fsp3) is 0.667. The minimum absolute atomic E-state index is 0.188. The van der Waals surface area contributed by atoms with Crippen LogP contribution >= 0.6 is 0 Å². The Balaban J connectivity index is 1.76. The Hall–Kier alpha value is -1.71. The largest absolute Gasteiger partial charge is 0.376 e. The highest BCUT2D eigenvalue weighted by atomic mass is 32.2. The van der Waals surface area contributed by atoms with Gasteiger partial charge in [0.1, 0.15) is 10.6 Å². The Kier molecular flexibility index (Phi) is 4.85. The molecule has 0 spiro atoms. The third kappa shape index (κ3) is 3.01. The summed E-state index contributed by atoms with van der Waals surface area (Å²) in [6.45, 7) is 7.94. The van der Waals surface area contributed by atoms with Crippen molar-refractivity contribution in [2.75, 3.05) is 13.2 Å². The van der Waals surface area contributed by atoms with Crippen molar-refractivity contribution in [3.8, 4) is 0 Å². The first-order chi connectivity index (χ1) is 12.9. The summed E-state index contributed by atoms with van der Waals surface area (Å²) in [6, 6.07) is -0.266. The maximum atomic E-state index is 13.4. The number of aromatic nitrogens is 3. The summed E-state index contributed by atoms with van der Waals surface area (Å²) in [5, 5.41) is 8.67. The summed E-state index contributed by atoms with van der Waals surface area (Å²) in [7, 11) is -3.70. The summed E-state index contributed by atoms with van der Waals surface area (Å²) < 4.78 is 41.2. The lowest BCUT2D eigenvalue weighted by Gasteiger charge is -2.24. The smallest absolute Gasteiger partial charge is 0.249 e. The van der Waals surface area contributed by atoms with Crippen molar-refractivity contribution in [3.63, 3.8) is 0 Å². The summed E-state index contributed by atoms with van der Waals surface area (Å²) in [6.07, 6.45) is 3.38. The molecule has 4 rings (SSSR count). The summed E-state index contributed by atoms with van der Waals surface area (Å²) in [5.74, 6) is 0.333. The van der Waals surface area contributed by atoms with Gasteiger partial charge in [0.2, 0.25) is 10.0 Å². The third-order valence-electron chi connectivity index (χ3n) is 5.42. The molecule has 8 nitrogen and oxygen atoms in total. The molecule has 27 heavy (non-hydrogen) atoms. The van der Waals surface area contributed by atoms with E-state index in [1.807, 2.05) is 4.68 Å². The van der Waals surface area contributed by atoms with E-state index in [9.17, 15) is 8.42 Å². The van der Waals surface area contributed by atoms with Crippen LogP contribution in [0.3, 0.4) is 0 Å². The predicted octanol–water partition coefficient (Wildman–Crippen LogP) is 2.50. The van der Waals surface area contributed by atoms with Gasteiger partial charge in [-0.15, -0.1) is 0 Å². The second-order valence-corrected chi connectivity index (χ2v) is 9.09. The maximum Gasteiger partial charge on any atom is 0.249 e. The van der Waals surface area contributed by atoms with E-state index in [0.717, 1.165) is 43.5 Å². The molecule has 1 fully saturated rings. The second-order valence-electron chi connectivity index (χ2n) is 7.26. The van der Waals surface area contributed by atoms with E-state index in [2.05, 4.69) is 12.1 Å². The quantitative estimate of drug-likeness (QED) is 0.774. The third-order valence-corrected chi connectivity index (χ3v) is 7.57. The fourth-order valence-electron chi connectivity index (χ4n) is 4.26. The zero-order chi connectivity index (χ0) is 19.2. The van der Waals surface area contributed by atoms with Gasteiger partial charge in [0.25, 0.3) is 0 Å². The number of ether oxygens (including phenoxy) is 1. The molecular weight excluding hydrogens is 368 g/mol. The average Bonchev–Trinajstić information content (AvgIpc) is 3.33. The molecule has 4 heterocycles. The van der Waals surface area contributed by atoms with E-state index >= 15 is 0 Å². The van der Waals surface area contributed by atoms with Crippen LogP contribution < -0.4 is 0 Å². The van der Waals surface area contributed by atoms with E-state index in [-0.39, 0.29) is 10.9 Å². The van der Waals surface area contributed by atoms with Gasteiger partial charge in [-0.3, -0.25) is 4.68 Å². The van der Waals surface area contributed by atoms with Crippen LogP contribution in [0.4, 0.5) is 0 Å². The lowest BCUT2D eigenvalue weighted by molar-refractivity contribution is 0.107. The first-order valence-corrected chi connectivity index (χ1v) is 11.0. The van der Waals surface area contributed by atoms with E-state index in [1.54, 1.807) is 18.2 Å². The topological polar surface area (TPSA) is 90.5 Å². The monoisotopic (exact) mass is 394 g/mol. The first kappa shape index (κ1) is 18.6. The SMILES string of the molecule is CCCn1nc(C2CCCN2S(=O)(=O)c2c(C)noc2C)c2c1CCOC2. The standard InChI is InChI=1S/C18H26N4O4S/c1-4-8-21-15-7-10-25-11-14(15)17(19-21)16-6-5-9-22(16)27(23,24)18-12(2)20-26-13(18)3/h16H,4-11H2,1-3H3. The molecule has 2 aliphatic heterocycles. The van der Waals surface area contributed by atoms with E-state index < -0.39 is 10.0 Å². The second kappa shape index (κ2) is 7.03. The Morgan fingerprint density at radius 1 is 1.30 bits per heavy atom. The van der Waals surface area contributed by atoms with Crippen molar-refractivity contribution in [2.45, 2.75) is 70.5 Å². The van der Waals surface area contributed by atoms with E-state index in [4.69, 9.17) is 14.4 Å². The highest BCUT2D eigenvalue weighted by Gasteiger charge is 2.42. The van der Waals surface area contributed by atoms with Gasteiger partial charge >= 0.3 is 0 Å². The number of nitrogens with zero attached hydrogens (tertiary/aromatic N) is 4. The van der Waals surface area contributed by atoms with Crippen molar-refractivity contribution in [2.24, 2.45) is 0 Å². The lowest BCUT2D eigenvalue weighted by atomic mass is 10.0. The normalized spacial score (nSPS) is 20.9. The molecule has 0 aliphatic carbocycles. The minimum atomic E-state index is -3.70. The highest BCUT2D eigenvalue weighted by Crippen LogP contribution is 2.40. The first-order valence-electron chi connectivity index (χ1n) is 9.56. The van der Waals surface area contributed by atoms with Crippen LogP contribution in [0, 0.1) is 13.8 Å². The summed E-state index contributed by atoms with van der Waals surface area (Å²) >= 11 is 0. The molecule has 2 aliphatic rings. The zero-order valence-electron chi connectivity index (χ0n) is 16.1. The van der Waals surface area contributed by atoms with Gasteiger partial charge in [-0.25, -0.2) is 8.42 Å². The highest BCUT2D eigenvalue weighted by molar-refractivity contribution is 7.89. The number of hydrogen-bond donors (Lipinski definition) is 0. The molecule has 1 atom stereocenters. The van der Waals surface area contributed by atoms with Crippen LogP contribution in [0.15, 0.2) is 9.42 Å². The molecule has 9 heteroatoms. The molecule has 0 saturated carbocycles. The summed E-state index contributed by atoms with van der Waals surface area (Å²) in [4.78, 5) is 0.188. The fourth-order valence-corrected chi connectivity index (χ4v) is 6.22. The molecule has 0 N–H and O–H groups in total. The van der Waals surface area contributed by atoms with Gasteiger partial charge < -0.3 is 9.26 Å². The Labute approximate surface area is 159 Å². The number of rotatable bonds is 5. The van der Waals surface area contributed by atoms with Crippen molar-refractivity contribution in [1.82, 2.24) is 19.2 Å². The van der Waals surface area contributed by atoms with Crippen LogP contribution in [-0.2, 0) is 34.3 Å². The number of sulfonamides is 1. The molecule has 1 saturated heterocycles. The number of hydrogen-bond acceptors (Lipinski definition) is 6. The van der Waals surface area contributed by atoms with Crippen molar-refractivity contribution < 1.29 is 17.7 Å². The minimum Gasteiger partial charge on any atom is -0.376 e. The van der Waals surface area contributed by atoms with Crippen molar-refractivity contribution >= 4 is 10.0 Å². The molecule has 0 radical (unpaired) electrons. The maximum absolute atomic E-state index is 13.4. The van der Waals surface area contributed by atoms with Gasteiger partial charge in [0.05, 0.1) is 24.9 Å². The molecule has 0 aromatic carbocycles. The van der Waals surface area contributed by atoms with Crippen LogP contribution in [0.25, 0.3) is 0 Å². The Bertz CT molecular complexity index is 927. The molecule has 0 bridgehead atoms. The Morgan fingerprint density at radius 3 is 2.81 bits per heavy atom. The predicted molar refractivity (Wildman–Crippen MR) is 97.7 cm³/mol. The number of fused-ring (bicyclic) bond motifs is 1. The molecule has 2 aromatic heterocycles. The van der Waals surface area contributed by atoms with E-state index in [1.165, 1.54) is 5.69 Å². The van der Waals surface area contributed by atoms with Crippen LogP contribution in [-0.4, -0.2) is 40.8 Å². The molecule has 1 unspecified atom stereocenters. The van der Waals surface area contributed by atoms with Crippen LogP contribution in [0.2, 0.25) is 0 Å². The van der Waals surface area contributed by atoms with Gasteiger partial charge in [-0.1, -0.05) is 12.1 Å². The van der Waals surface area contributed by atoms with Crippen LogP contribution in [0.5, 0.6) is 0 Å². The zero-order valence-corrected chi connectivity index (χ0v) is 16.9. The van der Waals surface area contributed by atoms with Gasteiger partial charge in [0.15, 0.2) is 5.76 Å². The Morgan fingerprint density at radius 2 is 2.11 bits per heavy atom. The van der Waals surface area contributed by atoms with Crippen LogP contribution in [0.1, 0.15) is 60.6 Å². The van der Waals surface area contributed by atoms with Crippen molar-refractivity contribution in [1.29, 1.82) is 0 Å². The van der Waals surface area contributed by atoms with E-state index in [0.29, 0.717) is 31.2 Å². The molecule has 0 amide bonds. The summed E-state index contributed by atoms with van der Waals surface area (Å²) in [5.41, 5.74) is 3.52. The van der Waals surface area contributed by atoms with Gasteiger partial charge in [-0.2, -0.15) is 9.40 Å². The van der Waals surface area contributed by atoms with Gasteiger partial charge in [-0.05, 0) is 33.1 Å². The molecule has 2 aromatic rings. The average molecular weight is 394 g/mol. The van der Waals surface area contributed by atoms with Gasteiger partial charge in [0, 0.05) is 30.8 Å². The molecular formula is C18H26N4O4S. The lowest BCUT2D eigenvalue weighted by Crippen LogP contribution is -2.32.